The molecule has 1 amide bonds. The van der Waals surface area contributed by atoms with Crippen molar-refractivity contribution in [3.8, 4) is 16.9 Å². The molecule has 0 spiro atoms. The van der Waals surface area contributed by atoms with Crippen LogP contribution in [0, 0.1) is 6.92 Å². The Bertz CT molecular complexity index is 1370. The summed E-state index contributed by atoms with van der Waals surface area (Å²) >= 11 is 0. The Hall–Kier alpha value is -3.44. The highest BCUT2D eigenvalue weighted by atomic mass is 32.2. The molecule has 4 rings (SSSR count). The van der Waals surface area contributed by atoms with Gasteiger partial charge in [0.05, 0.1) is 12.9 Å². The molecule has 0 atom stereocenters. The Morgan fingerprint density at radius 3 is 2.40 bits per heavy atom. The largest absolute Gasteiger partial charge is 0.573 e. The highest BCUT2D eigenvalue weighted by molar-refractivity contribution is 7.85. The molecule has 0 aliphatic carbocycles. The smallest absolute Gasteiger partial charge is 0.406 e. The number of fused-ring (bicyclic) bond motifs is 1. The fourth-order valence-electron chi connectivity index (χ4n) is 3.94. The molecule has 1 aliphatic rings. The Morgan fingerprint density at radius 2 is 1.74 bits per heavy atom. The number of ether oxygens (including phenoxy) is 1. The standard InChI is InChI=1S/C24H21F3N2O5S/c1-15-7-18(19-8-17(10-28-11-19)14-33-35(2,31)32)9-20-13-29(23(30)22(15)20)12-16-3-5-21(6-4-16)34-24(25,26)27/h3-11H,12-14H2,1-2H3. The van der Waals surface area contributed by atoms with Gasteiger partial charge in [-0.3, -0.25) is 14.0 Å². The number of rotatable bonds is 7. The van der Waals surface area contributed by atoms with Crippen molar-refractivity contribution in [2.24, 2.45) is 0 Å². The first kappa shape index (κ1) is 24.7. The van der Waals surface area contributed by atoms with Gasteiger partial charge in [-0.25, -0.2) is 0 Å². The van der Waals surface area contributed by atoms with Gasteiger partial charge in [-0.05, 0) is 59.0 Å². The summed E-state index contributed by atoms with van der Waals surface area (Å²) in [5.41, 5.74) is 5.00. The molecule has 1 aromatic heterocycles. The minimum Gasteiger partial charge on any atom is -0.406 e. The average Bonchev–Trinajstić information content (AvgIpc) is 3.08. The number of pyridine rings is 1. The maximum atomic E-state index is 13.0. The van der Waals surface area contributed by atoms with Gasteiger partial charge in [-0.1, -0.05) is 18.2 Å². The van der Waals surface area contributed by atoms with Crippen LogP contribution in [0.1, 0.15) is 32.6 Å². The van der Waals surface area contributed by atoms with E-state index in [0.717, 1.165) is 28.5 Å². The average molecular weight is 507 g/mol. The van der Waals surface area contributed by atoms with Crippen LogP contribution in [0.15, 0.2) is 54.9 Å². The molecular formula is C24H21F3N2O5S. The minimum absolute atomic E-state index is 0.136. The second-order valence-corrected chi connectivity index (χ2v) is 9.87. The van der Waals surface area contributed by atoms with Gasteiger partial charge < -0.3 is 9.64 Å². The Morgan fingerprint density at radius 1 is 1.03 bits per heavy atom. The number of hydrogen-bond acceptors (Lipinski definition) is 6. The molecular weight excluding hydrogens is 485 g/mol. The van der Waals surface area contributed by atoms with E-state index >= 15 is 0 Å². The third-order valence-corrected chi connectivity index (χ3v) is 5.92. The molecule has 0 N–H and O–H groups in total. The van der Waals surface area contributed by atoms with Crippen molar-refractivity contribution in [1.29, 1.82) is 0 Å². The van der Waals surface area contributed by atoms with Crippen LogP contribution in [-0.4, -0.2) is 36.8 Å². The topological polar surface area (TPSA) is 85.8 Å². The van der Waals surface area contributed by atoms with Crippen LogP contribution in [0.5, 0.6) is 5.75 Å². The van der Waals surface area contributed by atoms with E-state index in [2.05, 4.69) is 9.72 Å². The van der Waals surface area contributed by atoms with Crippen molar-refractivity contribution < 1.29 is 35.3 Å². The van der Waals surface area contributed by atoms with Crippen LogP contribution >= 0.6 is 0 Å². The monoisotopic (exact) mass is 506 g/mol. The van der Waals surface area contributed by atoms with Crippen LogP contribution in [0.3, 0.4) is 0 Å². The van der Waals surface area contributed by atoms with E-state index in [1.165, 1.54) is 30.5 Å². The number of amides is 1. The van der Waals surface area contributed by atoms with Crippen molar-refractivity contribution in [2.75, 3.05) is 6.26 Å². The van der Waals surface area contributed by atoms with Crippen LogP contribution < -0.4 is 4.74 Å². The lowest BCUT2D eigenvalue weighted by atomic mass is 9.96. The number of benzene rings is 2. The second-order valence-electron chi connectivity index (χ2n) is 8.23. The van der Waals surface area contributed by atoms with Gasteiger partial charge in [-0.15, -0.1) is 13.2 Å². The summed E-state index contributed by atoms with van der Waals surface area (Å²) in [4.78, 5) is 18.8. The molecule has 1 aliphatic heterocycles. The van der Waals surface area contributed by atoms with E-state index in [4.69, 9.17) is 4.18 Å². The molecule has 0 saturated carbocycles. The van der Waals surface area contributed by atoms with Crippen LogP contribution in [-0.2, 0) is 34.0 Å². The third kappa shape index (κ3) is 6.17. The fourth-order valence-corrected chi connectivity index (χ4v) is 4.29. The number of aryl methyl sites for hydroxylation is 1. The van der Waals surface area contributed by atoms with E-state index in [9.17, 15) is 26.4 Å². The lowest BCUT2D eigenvalue weighted by molar-refractivity contribution is -0.274. The van der Waals surface area contributed by atoms with E-state index in [0.29, 0.717) is 23.2 Å². The number of alkyl halides is 3. The Labute approximate surface area is 200 Å². The van der Waals surface area contributed by atoms with Gasteiger partial charge in [-0.2, -0.15) is 8.42 Å². The van der Waals surface area contributed by atoms with Crippen molar-refractivity contribution in [3.05, 3.63) is 82.7 Å². The van der Waals surface area contributed by atoms with Gasteiger partial charge in [0.1, 0.15) is 5.75 Å². The highest BCUT2D eigenvalue weighted by Crippen LogP contribution is 2.33. The van der Waals surface area contributed by atoms with Crippen molar-refractivity contribution in [2.45, 2.75) is 33.0 Å². The van der Waals surface area contributed by atoms with Gasteiger partial charge in [0.2, 0.25) is 0 Å². The first-order valence-electron chi connectivity index (χ1n) is 10.4. The Kier molecular flexibility index (Phi) is 6.56. The quantitative estimate of drug-likeness (QED) is 0.436. The van der Waals surface area contributed by atoms with E-state index in [1.807, 2.05) is 19.1 Å². The Balaban J connectivity index is 1.52. The zero-order valence-corrected chi connectivity index (χ0v) is 19.6. The van der Waals surface area contributed by atoms with Crippen molar-refractivity contribution in [3.63, 3.8) is 0 Å². The van der Waals surface area contributed by atoms with Crippen LogP contribution in [0.25, 0.3) is 11.1 Å². The van der Waals surface area contributed by atoms with Crippen LogP contribution in [0.2, 0.25) is 0 Å². The number of halogens is 3. The van der Waals surface area contributed by atoms with Gasteiger partial charge in [0.15, 0.2) is 0 Å². The van der Waals surface area contributed by atoms with E-state index < -0.39 is 16.5 Å². The number of aromatic nitrogens is 1. The zero-order valence-electron chi connectivity index (χ0n) is 18.8. The molecule has 2 heterocycles. The summed E-state index contributed by atoms with van der Waals surface area (Å²) in [7, 11) is -3.59. The molecule has 0 radical (unpaired) electrons. The number of nitrogens with zero attached hydrogens (tertiary/aromatic N) is 2. The minimum atomic E-state index is -4.76. The van der Waals surface area contributed by atoms with E-state index in [-0.39, 0.29) is 24.8 Å². The summed E-state index contributed by atoms with van der Waals surface area (Å²) in [6.07, 6.45) is -0.629. The molecule has 0 saturated heterocycles. The number of hydrogen-bond donors (Lipinski definition) is 0. The van der Waals surface area contributed by atoms with Gasteiger partial charge in [0, 0.05) is 36.6 Å². The summed E-state index contributed by atoms with van der Waals surface area (Å²) < 4.78 is 68.3. The van der Waals surface area contributed by atoms with Crippen molar-refractivity contribution in [1.82, 2.24) is 9.88 Å². The zero-order chi connectivity index (χ0) is 25.4. The molecule has 7 nitrogen and oxygen atoms in total. The highest BCUT2D eigenvalue weighted by Gasteiger charge is 2.32. The lowest BCUT2D eigenvalue weighted by Gasteiger charge is -2.16. The third-order valence-electron chi connectivity index (χ3n) is 5.38. The normalized spacial score (nSPS) is 13.7. The van der Waals surface area contributed by atoms with Gasteiger partial charge in [0.25, 0.3) is 16.0 Å². The molecule has 11 heteroatoms. The predicted octanol–water partition coefficient (Wildman–Crippen LogP) is 4.59. The molecule has 2 aromatic carbocycles. The van der Waals surface area contributed by atoms with Crippen molar-refractivity contribution >= 4 is 16.0 Å². The number of carbonyl (C=O) groups is 1. The first-order valence-corrected chi connectivity index (χ1v) is 12.3. The fraction of sp³-hybridized carbons (Fsp3) is 0.250. The lowest BCUT2D eigenvalue weighted by Crippen LogP contribution is -2.23. The first-order chi connectivity index (χ1) is 16.4. The summed E-state index contributed by atoms with van der Waals surface area (Å²) in [5, 5.41) is 0. The summed E-state index contributed by atoms with van der Waals surface area (Å²) in [6, 6.07) is 10.9. The van der Waals surface area contributed by atoms with E-state index in [1.54, 1.807) is 17.2 Å². The molecule has 35 heavy (non-hydrogen) atoms. The van der Waals surface area contributed by atoms with Crippen LogP contribution in [0.4, 0.5) is 13.2 Å². The summed E-state index contributed by atoms with van der Waals surface area (Å²) in [6.45, 7) is 2.27. The second kappa shape index (κ2) is 9.31. The maximum absolute atomic E-state index is 13.0. The maximum Gasteiger partial charge on any atom is 0.573 e. The SMILES string of the molecule is Cc1cc(-c2cncc(COS(C)(=O)=O)c2)cc2c1C(=O)N(Cc1ccc(OC(F)(F)F)cc1)C2. The van der Waals surface area contributed by atoms with Gasteiger partial charge >= 0.3 is 6.36 Å². The predicted molar refractivity (Wildman–Crippen MR) is 121 cm³/mol. The molecule has 3 aromatic rings. The molecule has 0 unspecified atom stereocenters. The number of carbonyl (C=O) groups excluding carboxylic acids is 1. The molecule has 184 valence electrons. The molecule has 0 bridgehead atoms. The molecule has 0 fully saturated rings. The summed E-state index contributed by atoms with van der Waals surface area (Å²) in [5.74, 6) is -0.483.